The fraction of sp³-hybridized carbons (Fsp3) is 0.942. The third-order valence-corrected chi connectivity index (χ3v) is 17.9. The Hall–Kier alpha value is -1.94. The summed E-state index contributed by atoms with van der Waals surface area (Å²) in [6.45, 7) is 7.19. The first-order valence-corrected chi connectivity index (χ1v) is 39.1. The molecule has 0 radical (unpaired) electrons. The van der Waals surface area contributed by atoms with Crippen molar-refractivity contribution < 1.29 is 80.2 Å². The first-order valence-electron chi connectivity index (χ1n) is 36.1. The molecule has 0 aromatic carbocycles. The highest BCUT2D eigenvalue weighted by molar-refractivity contribution is 7.47. The van der Waals surface area contributed by atoms with Gasteiger partial charge in [0, 0.05) is 25.7 Å². The van der Waals surface area contributed by atoms with Crippen LogP contribution < -0.4 is 0 Å². The molecule has 2 unspecified atom stereocenters. The van der Waals surface area contributed by atoms with E-state index in [0.29, 0.717) is 25.7 Å². The molecule has 0 spiro atoms. The van der Waals surface area contributed by atoms with Crippen LogP contribution in [0.5, 0.6) is 0 Å². The number of phosphoric ester groups is 2. The van der Waals surface area contributed by atoms with Crippen LogP contribution in [0.4, 0.5) is 0 Å². The summed E-state index contributed by atoms with van der Waals surface area (Å²) in [4.78, 5) is 72.3. The summed E-state index contributed by atoms with van der Waals surface area (Å²) in [6.07, 6.45) is 48.7. The summed E-state index contributed by atoms with van der Waals surface area (Å²) in [5.41, 5.74) is 0. The van der Waals surface area contributed by atoms with Gasteiger partial charge in [0.2, 0.25) is 0 Å². The summed E-state index contributed by atoms with van der Waals surface area (Å²) in [5, 5.41) is 10.6. The van der Waals surface area contributed by atoms with E-state index < -0.39 is 97.5 Å². The number of carbonyl (C=O) groups excluding carboxylic acids is 4. The van der Waals surface area contributed by atoms with Gasteiger partial charge in [0.15, 0.2) is 12.2 Å². The third kappa shape index (κ3) is 62.8. The van der Waals surface area contributed by atoms with E-state index in [0.717, 1.165) is 102 Å². The molecule has 0 aromatic rings. The van der Waals surface area contributed by atoms with Crippen LogP contribution in [-0.4, -0.2) is 96.7 Å². The molecule has 19 heteroatoms. The molecule has 88 heavy (non-hydrogen) atoms. The Morgan fingerprint density at radius 3 is 0.773 bits per heavy atom. The van der Waals surface area contributed by atoms with Crippen LogP contribution in [0.2, 0.25) is 0 Å². The number of aliphatic hydroxyl groups is 1. The van der Waals surface area contributed by atoms with Gasteiger partial charge >= 0.3 is 39.5 Å². The Labute approximate surface area is 537 Å². The zero-order chi connectivity index (χ0) is 64.9. The lowest BCUT2D eigenvalue weighted by molar-refractivity contribution is -0.161. The molecule has 0 aliphatic heterocycles. The van der Waals surface area contributed by atoms with Crippen molar-refractivity contribution in [2.75, 3.05) is 39.6 Å². The number of ether oxygens (including phenoxy) is 4. The minimum absolute atomic E-state index is 0.106. The molecule has 0 saturated heterocycles. The quantitative estimate of drug-likeness (QED) is 0.0222. The lowest BCUT2D eigenvalue weighted by atomic mass is 10.0. The molecule has 0 saturated carbocycles. The first-order chi connectivity index (χ1) is 42.5. The van der Waals surface area contributed by atoms with Crippen molar-refractivity contribution >= 4 is 39.5 Å². The van der Waals surface area contributed by atoms with E-state index in [9.17, 15) is 43.2 Å². The molecule has 5 atom stereocenters. The van der Waals surface area contributed by atoms with Gasteiger partial charge < -0.3 is 33.8 Å². The van der Waals surface area contributed by atoms with Gasteiger partial charge in [-0.1, -0.05) is 304 Å². The van der Waals surface area contributed by atoms with Crippen molar-refractivity contribution in [3.05, 3.63) is 0 Å². The molecule has 522 valence electrons. The number of phosphoric acid groups is 2. The minimum Gasteiger partial charge on any atom is -0.462 e. The number of rotatable bonds is 69. The lowest BCUT2D eigenvalue weighted by Gasteiger charge is -2.21. The fourth-order valence-corrected chi connectivity index (χ4v) is 12.0. The van der Waals surface area contributed by atoms with E-state index in [1.54, 1.807) is 0 Å². The fourth-order valence-electron chi connectivity index (χ4n) is 10.5. The van der Waals surface area contributed by atoms with Gasteiger partial charge in [0.1, 0.15) is 19.3 Å². The Morgan fingerprint density at radius 1 is 0.307 bits per heavy atom. The topological polar surface area (TPSA) is 237 Å². The number of aliphatic hydroxyl groups excluding tert-OH is 1. The smallest absolute Gasteiger partial charge is 0.462 e. The highest BCUT2D eigenvalue weighted by atomic mass is 31.2. The predicted octanol–water partition coefficient (Wildman–Crippen LogP) is 19.7. The first kappa shape index (κ1) is 86.1. The number of unbranched alkanes of at least 4 members (excludes halogenated alkanes) is 41. The zero-order valence-electron chi connectivity index (χ0n) is 56.9. The maximum Gasteiger partial charge on any atom is 0.472 e. The molecule has 0 aliphatic rings. The van der Waals surface area contributed by atoms with Crippen LogP contribution in [-0.2, 0) is 65.4 Å². The van der Waals surface area contributed by atoms with Crippen molar-refractivity contribution in [3.63, 3.8) is 0 Å². The Bertz CT molecular complexity index is 1700. The highest BCUT2D eigenvalue weighted by Gasteiger charge is 2.30. The summed E-state index contributed by atoms with van der Waals surface area (Å²) in [5.74, 6) is -1.37. The molecule has 0 amide bonds. The molecule has 17 nitrogen and oxygen atoms in total. The predicted molar refractivity (Wildman–Crippen MR) is 354 cm³/mol. The average molecular weight is 1300 g/mol. The summed E-state index contributed by atoms with van der Waals surface area (Å²) in [7, 11) is -9.89. The summed E-state index contributed by atoms with van der Waals surface area (Å²) in [6, 6.07) is 0. The monoisotopic (exact) mass is 1300 g/mol. The van der Waals surface area contributed by atoms with Crippen LogP contribution in [0.3, 0.4) is 0 Å². The van der Waals surface area contributed by atoms with Crippen LogP contribution >= 0.6 is 15.6 Å². The maximum absolute atomic E-state index is 13.0. The van der Waals surface area contributed by atoms with Crippen molar-refractivity contribution in [3.8, 4) is 0 Å². The van der Waals surface area contributed by atoms with Gasteiger partial charge in [-0.15, -0.1) is 0 Å². The number of esters is 4. The molecule has 0 aliphatic carbocycles. The van der Waals surface area contributed by atoms with Gasteiger partial charge in [-0.05, 0) is 31.6 Å². The van der Waals surface area contributed by atoms with E-state index in [-0.39, 0.29) is 25.7 Å². The molecule has 0 rings (SSSR count). The molecular formula is C69H134O17P2. The summed E-state index contributed by atoms with van der Waals surface area (Å²) >= 11 is 0. The Balaban J connectivity index is 5.19. The van der Waals surface area contributed by atoms with Crippen LogP contribution in [0, 0.1) is 5.92 Å². The largest absolute Gasteiger partial charge is 0.472 e. The number of hydrogen-bond acceptors (Lipinski definition) is 15. The third-order valence-electron chi connectivity index (χ3n) is 16.0. The number of carbonyl (C=O) groups is 4. The van der Waals surface area contributed by atoms with Gasteiger partial charge in [-0.3, -0.25) is 37.3 Å². The molecule has 0 heterocycles. The van der Waals surface area contributed by atoms with Crippen LogP contribution in [0.25, 0.3) is 0 Å². The minimum atomic E-state index is -4.95. The standard InChI is InChI=1S/C69H134O17P2/c1-6-9-12-15-18-21-22-23-24-25-26-27-28-29-35-40-45-50-55-69(74)86-65(59-80-67(72)53-48-43-38-34-31-30-33-36-41-46-51-62(4)5)61-84-88(77,78)82-57-63(70)56-81-87(75,76)83-60-64(58-79-66(71)52-47-42-37-20-17-14-11-8-3)85-68(73)54-49-44-39-32-19-16-13-10-7-2/h62-65,70H,6-61H2,1-5H3,(H,75,76)(H,77,78)/t63-,64+,65+/m0/s1. The second kappa shape index (κ2) is 62.5. The zero-order valence-corrected chi connectivity index (χ0v) is 58.6. The SMILES string of the molecule is CCCCCCCCCCCCCCCCCCCCC(=O)O[C@H](COC(=O)CCCCCCCCCCCCC(C)C)COP(=O)(O)OC[C@@H](O)COP(=O)(O)OC[C@@H](COC(=O)CCCCCCCCCC)OC(=O)CCCCCCCCCCC. The van der Waals surface area contributed by atoms with Gasteiger partial charge in [0.05, 0.1) is 26.4 Å². The van der Waals surface area contributed by atoms with E-state index in [1.165, 1.54) is 173 Å². The van der Waals surface area contributed by atoms with E-state index >= 15 is 0 Å². The normalized spacial score (nSPS) is 14.1. The van der Waals surface area contributed by atoms with Crippen molar-refractivity contribution in [2.45, 2.75) is 374 Å². The molecule has 0 aromatic heterocycles. The second-order valence-corrected chi connectivity index (χ2v) is 28.3. The van der Waals surface area contributed by atoms with E-state index in [4.69, 9.17) is 37.0 Å². The molecule has 0 fully saturated rings. The molecule has 3 N–H and O–H groups in total. The van der Waals surface area contributed by atoms with Gasteiger partial charge in [-0.25, -0.2) is 9.13 Å². The number of hydrogen-bond donors (Lipinski definition) is 3. The van der Waals surface area contributed by atoms with Crippen molar-refractivity contribution in [2.24, 2.45) is 5.92 Å². The Morgan fingerprint density at radius 2 is 0.523 bits per heavy atom. The highest BCUT2D eigenvalue weighted by Crippen LogP contribution is 2.45. The van der Waals surface area contributed by atoms with Crippen molar-refractivity contribution in [1.82, 2.24) is 0 Å². The molecular weight excluding hydrogens is 1160 g/mol. The van der Waals surface area contributed by atoms with Crippen LogP contribution in [0.15, 0.2) is 0 Å². The van der Waals surface area contributed by atoms with Crippen molar-refractivity contribution in [1.29, 1.82) is 0 Å². The van der Waals surface area contributed by atoms with E-state index in [1.807, 2.05) is 0 Å². The van der Waals surface area contributed by atoms with Crippen LogP contribution in [0.1, 0.15) is 356 Å². The van der Waals surface area contributed by atoms with Gasteiger partial charge in [0.25, 0.3) is 0 Å². The van der Waals surface area contributed by atoms with Gasteiger partial charge in [-0.2, -0.15) is 0 Å². The Kier molecular flexibility index (Phi) is 61.1. The molecule has 0 bridgehead atoms. The summed E-state index contributed by atoms with van der Waals surface area (Å²) < 4.78 is 68.1. The maximum atomic E-state index is 13.0. The average Bonchev–Trinajstić information content (AvgIpc) is 3.48. The lowest BCUT2D eigenvalue weighted by Crippen LogP contribution is -2.30. The van der Waals surface area contributed by atoms with E-state index in [2.05, 4.69) is 34.6 Å². The second-order valence-electron chi connectivity index (χ2n) is 25.4.